The lowest BCUT2D eigenvalue weighted by atomic mass is 10.0. The van der Waals surface area contributed by atoms with Crippen LogP contribution in [-0.4, -0.2) is 59.9 Å². The Morgan fingerprint density at radius 3 is 2.77 bits per heavy atom. The molecular formula is C28H32N4O7S. The van der Waals surface area contributed by atoms with E-state index in [1.54, 1.807) is 26.4 Å². The lowest BCUT2D eigenvalue weighted by Crippen LogP contribution is -2.37. The van der Waals surface area contributed by atoms with Crippen molar-refractivity contribution in [1.29, 1.82) is 5.26 Å². The Bertz CT molecular complexity index is 1520. The number of nitrogens with zero attached hydrogens (tertiary/aromatic N) is 2. The van der Waals surface area contributed by atoms with Crippen LogP contribution in [0.15, 0.2) is 30.5 Å². The number of fused-ring (bicyclic) bond motifs is 2. The number of aromatic nitrogens is 1. The fraction of sp³-hybridized carbons (Fsp3) is 0.429. The van der Waals surface area contributed by atoms with E-state index in [4.69, 9.17) is 23.7 Å². The molecule has 2 aliphatic heterocycles. The van der Waals surface area contributed by atoms with E-state index < -0.39 is 10.0 Å². The van der Waals surface area contributed by atoms with Gasteiger partial charge in [-0.2, -0.15) is 5.26 Å². The van der Waals surface area contributed by atoms with Gasteiger partial charge in [0.25, 0.3) is 0 Å². The van der Waals surface area contributed by atoms with Crippen LogP contribution in [0.4, 0.5) is 11.4 Å². The summed E-state index contributed by atoms with van der Waals surface area (Å²) < 4.78 is 54.1. The van der Waals surface area contributed by atoms with Crippen molar-refractivity contribution in [3.05, 3.63) is 41.6 Å². The molecule has 1 aromatic heterocycles. The lowest BCUT2D eigenvalue weighted by molar-refractivity contribution is 0.172. The summed E-state index contributed by atoms with van der Waals surface area (Å²) in [5.74, 6) is 2.78. The molecule has 0 amide bonds. The zero-order chi connectivity index (χ0) is 28.1. The predicted molar refractivity (Wildman–Crippen MR) is 149 cm³/mol. The maximum absolute atomic E-state index is 11.6. The molecule has 2 aliphatic rings. The number of methoxy groups -OCH3 is 2. The van der Waals surface area contributed by atoms with Crippen molar-refractivity contribution in [2.75, 3.05) is 51.8 Å². The third-order valence-corrected chi connectivity index (χ3v) is 8.49. The topological polar surface area (TPSA) is 141 Å². The van der Waals surface area contributed by atoms with Crippen molar-refractivity contribution in [3.63, 3.8) is 0 Å². The molecule has 2 aromatic carbocycles. The zero-order valence-corrected chi connectivity index (χ0v) is 23.3. The summed E-state index contributed by atoms with van der Waals surface area (Å²) in [5, 5.41) is 13.9. The van der Waals surface area contributed by atoms with Gasteiger partial charge in [-0.05, 0) is 43.7 Å². The van der Waals surface area contributed by atoms with Gasteiger partial charge in [0.1, 0.15) is 6.07 Å². The first-order chi connectivity index (χ1) is 19.4. The average molecular weight is 569 g/mol. The number of ether oxygens (including phenoxy) is 5. The van der Waals surface area contributed by atoms with E-state index in [0.717, 1.165) is 18.4 Å². The third kappa shape index (κ3) is 6.01. The molecule has 0 radical (unpaired) electrons. The molecule has 3 heterocycles. The van der Waals surface area contributed by atoms with Crippen LogP contribution in [0.1, 0.15) is 30.4 Å². The van der Waals surface area contributed by atoms with Gasteiger partial charge in [-0.3, -0.25) is 4.98 Å². The highest BCUT2D eigenvalue weighted by atomic mass is 32.2. The standard InChI is InChI=1S/C28H32N4O7S/c1-35-10-7-19-5-6-22(28-27(19)38-17-39-28)32-26-20(14-29)16-30-23-13-25(24(36-2)12-21(23)26)37-9-3-4-18-8-11-40(33,34)31-15-18/h5-6,12-13,16,18,31H,3-4,7-11,15,17H2,1-2H3,(H,30,32). The Kier molecular flexibility index (Phi) is 8.44. The van der Waals surface area contributed by atoms with E-state index >= 15 is 0 Å². The van der Waals surface area contributed by atoms with Crippen molar-refractivity contribution in [2.45, 2.75) is 25.7 Å². The first-order valence-electron chi connectivity index (χ1n) is 13.1. The molecule has 40 heavy (non-hydrogen) atoms. The molecule has 3 aromatic rings. The number of rotatable bonds is 11. The molecule has 0 saturated carbocycles. The molecule has 1 saturated heterocycles. The van der Waals surface area contributed by atoms with Crippen LogP contribution in [0.3, 0.4) is 0 Å². The number of hydrogen-bond acceptors (Lipinski definition) is 10. The van der Waals surface area contributed by atoms with E-state index in [-0.39, 0.29) is 12.5 Å². The Hall–Kier alpha value is -3.79. The highest BCUT2D eigenvalue weighted by molar-refractivity contribution is 7.89. The number of benzene rings is 2. The summed E-state index contributed by atoms with van der Waals surface area (Å²) in [5.41, 5.74) is 3.21. The molecule has 212 valence electrons. The molecule has 0 spiro atoms. The van der Waals surface area contributed by atoms with Gasteiger partial charge < -0.3 is 29.0 Å². The summed E-state index contributed by atoms with van der Waals surface area (Å²) in [6.45, 7) is 1.59. The minimum Gasteiger partial charge on any atom is -0.493 e. The Morgan fingerprint density at radius 1 is 1.18 bits per heavy atom. The van der Waals surface area contributed by atoms with Gasteiger partial charge in [-0.25, -0.2) is 13.1 Å². The van der Waals surface area contributed by atoms with Gasteiger partial charge in [-0.1, -0.05) is 6.07 Å². The average Bonchev–Trinajstić information content (AvgIpc) is 3.46. The molecule has 0 bridgehead atoms. The fourth-order valence-electron chi connectivity index (χ4n) is 4.93. The summed E-state index contributed by atoms with van der Waals surface area (Å²) in [6, 6.07) is 9.68. The van der Waals surface area contributed by atoms with Gasteiger partial charge in [0.05, 0.1) is 48.5 Å². The minimum absolute atomic E-state index is 0.112. The quantitative estimate of drug-likeness (QED) is 0.327. The van der Waals surface area contributed by atoms with Gasteiger partial charge in [0.15, 0.2) is 23.0 Å². The Balaban J connectivity index is 1.36. The van der Waals surface area contributed by atoms with Crippen LogP contribution in [0, 0.1) is 17.2 Å². The molecule has 11 nitrogen and oxygen atoms in total. The minimum atomic E-state index is -3.10. The largest absolute Gasteiger partial charge is 0.493 e. The molecular weight excluding hydrogens is 536 g/mol. The molecule has 1 unspecified atom stereocenters. The van der Waals surface area contributed by atoms with Crippen molar-refractivity contribution in [1.82, 2.24) is 9.71 Å². The highest BCUT2D eigenvalue weighted by Crippen LogP contribution is 2.45. The van der Waals surface area contributed by atoms with Gasteiger partial charge in [0.2, 0.25) is 16.8 Å². The van der Waals surface area contributed by atoms with Gasteiger partial charge in [0, 0.05) is 36.9 Å². The first-order valence-corrected chi connectivity index (χ1v) is 14.8. The third-order valence-electron chi connectivity index (χ3n) is 7.11. The van der Waals surface area contributed by atoms with Crippen molar-refractivity contribution < 1.29 is 32.1 Å². The molecule has 2 N–H and O–H groups in total. The van der Waals surface area contributed by atoms with Crippen LogP contribution in [0.5, 0.6) is 23.0 Å². The van der Waals surface area contributed by atoms with Gasteiger partial charge in [-0.15, -0.1) is 0 Å². The number of nitrogens with one attached hydrogen (secondary N) is 2. The Labute approximate surface area is 233 Å². The van der Waals surface area contributed by atoms with E-state index in [0.29, 0.717) is 89.4 Å². The fourth-order valence-corrected chi connectivity index (χ4v) is 6.21. The normalized spacial score (nSPS) is 17.4. The summed E-state index contributed by atoms with van der Waals surface area (Å²) in [7, 11) is 0.113. The monoisotopic (exact) mass is 568 g/mol. The second-order valence-electron chi connectivity index (χ2n) is 9.70. The lowest BCUT2D eigenvalue weighted by Gasteiger charge is -2.22. The summed E-state index contributed by atoms with van der Waals surface area (Å²) in [4.78, 5) is 4.49. The number of nitriles is 1. The van der Waals surface area contributed by atoms with E-state index in [2.05, 4.69) is 21.1 Å². The summed E-state index contributed by atoms with van der Waals surface area (Å²) >= 11 is 0. The molecule has 1 atom stereocenters. The number of sulfonamides is 1. The van der Waals surface area contributed by atoms with Crippen LogP contribution in [0.25, 0.3) is 10.9 Å². The number of hydrogen-bond donors (Lipinski definition) is 2. The maximum atomic E-state index is 11.6. The smallest absolute Gasteiger partial charge is 0.231 e. The van der Waals surface area contributed by atoms with E-state index in [1.165, 1.54) is 6.20 Å². The molecule has 12 heteroatoms. The predicted octanol–water partition coefficient (Wildman–Crippen LogP) is 3.87. The van der Waals surface area contributed by atoms with Crippen LogP contribution in [0.2, 0.25) is 0 Å². The second kappa shape index (κ2) is 12.2. The SMILES string of the molecule is COCCc1ccc(Nc2c(C#N)cnc3cc(OCCCC4CCS(=O)(=O)NC4)c(OC)cc23)c2c1OCO2. The van der Waals surface area contributed by atoms with E-state index in [9.17, 15) is 13.7 Å². The first kappa shape index (κ1) is 27.8. The van der Waals surface area contributed by atoms with Crippen LogP contribution in [-0.2, 0) is 21.2 Å². The molecule has 1 fully saturated rings. The molecule has 0 aliphatic carbocycles. The van der Waals surface area contributed by atoms with Crippen LogP contribution >= 0.6 is 0 Å². The Morgan fingerprint density at radius 2 is 2.02 bits per heavy atom. The highest BCUT2D eigenvalue weighted by Gasteiger charge is 2.24. The summed E-state index contributed by atoms with van der Waals surface area (Å²) in [6.07, 6.45) is 4.50. The van der Waals surface area contributed by atoms with E-state index in [1.807, 2.05) is 12.1 Å². The zero-order valence-electron chi connectivity index (χ0n) is 22.5. The van der Waals surface area contributed by atoms with Crippen molar-refractivity contribution in [2.24, 2.45) is 5.92 Å². The maximum Gasteiger partial charge on any atom is 0.231 e. The van der Waals surface area contributed by atoms with Crippen molar-refractivity contribution in [3.8, 4) is 29.1 Å². The van der Waals surface area contributed by atoms with Crippen LogP contribution < -0.4 is 29.0 Å². The molecule has 5 rings (SSSR count). The second-order valence-corrected chi connectivity index (χ2v) is 11.6. The number of pyridine rings is 1. The number of anilines is 2. The van der Waals surface area contributed by atoms with Gasteiger partial charge >= 0.3 is 0 Å². The van der Waals surface area contributed by atoms with Crippen molar-refractivity contribution >= 4 is 32.3 Å².